The summed E-state index contributed by atoms with van der Waals surface area (Å²) >= 11 is 3.48. The summed E-state index contributed by atoms with van der Waals surface area (Å²) < 4.78 is 0. The molecule has 0 aliphatic heterocycles. The summed E-state index contributed by atoms with van der Waals surface area (Å²) in [6, 6.07) is 99.2. The van der Waals surface area contributed by atoms with Gasteiger partial charge in [-0.2, -0.15) is 46.5 Å². The minimum absolute atomic E-state index is 0. The zero-order valence-electron chi connectivity index (χ0n) is 48.7. The van der Waals surface area contributed by atoms with Gasteiger partial charge in [-0.1, -0.05) is 220 Å². The number of halogens is 2. The monoisotopic (exact) mass is 1290 g/mol. The fourth-order valence-electron chi connectivity index (χ4n) is 9.34. The van der Waals surface area contributed by atoms with Gasteiger partial charge in [0.05, 0.1) is 0 Å². The van der Waals surface area contributed by atoms with Crippen molar-refractivity contribution in [1.82, 2.24) is 0 Å². The molecule has 0 saturated heterocycles. The molecule has 4 aromatic rings. The molecule has 0 bridgehead atoms. The molecule has 0 heterocycles. The first-order chi connectivity index (χ1) is 39.0. The van der Waals surface area contributed by atoms with E-state index in [2.05, 4.69) is 321 Å². The van der Waals surface area contributed by atoms with Crippen LogP contribution in [0, 0.1) is 24.3 Å². The third-order valence-corrected chi connectivity index (χ3v) is 13.2. The molecule has 0 saturated carbocycles. The van der Waals surface area contributed by atoms with Crippen molar-refractivity contribution in [2.45, 2.75) is 79.6 Å². The molecule has 12 rings (SSSR count). The summed E-state index contributed by atoms with van der Waals surface area (Å²) in [5, 5.41) is 0. The molecule has 408 valence electrons. The van der Waals surface area contributed by atoms with E-state index in [1.165, 1.54) is 111 Å². The first-order valence-corrected chi connectivity index (χ1v) is 40.4. The molecule has 0 amide bonds. The minimum Gasteiger partial charge on any atom is -1.00 e. The number of fused-ring (bicyclic) bond motifs is 4. The summed E-state index contributed by atoms with van der Waals surface area (Å²) in [5.74, 6) is 0. The van der Waals surface area contributed by atoms with Crippen LogP contribution in [0.1, 0.15) is 49.9 Å². The molecule has 8 aliphatic carbocycles. The van der Waals surface area contributed by atoms with Crippen LogP contribution in [0.25, 0.3) is 89.0 Å². The van der Waals surface area contributed by atoms with Gasteiger partial charge in [0.25, 0.3) is 0 Å². The third kappa shape index (κ3) is 19.8. The van der Waals surface area contributed by atoms with Crippen molar-refractivity contribution in [3.63, 3.8) is 0 Å². The van der Waals surface area contributed by atoms with E-state index in [1.54, 1.807) is 46.7 Å². The van der Waals surface area contributed by atoms with E-state index in [0.29, 0.717) is 0 Å². The van der Waals surface area contributed by atoms with Crippen LogP contribution in [0.2, 0.25) is 26.2 Å². The van der Waals surface area contributed by atoms with Gasteiger partial charge in [-0.15, -0.1) is 117 Å². The second kappa shape index (κ2) is 35.6. The second-order valence-corrected chi connectivity index (χ2v) is 38.6. The Labute approximate surface area is 534 Å². The Balaban J connectivity index is 0.000000190. The Morgan fingerprint density at radius 1 is 0.256 bits per heavy atom. The number of hydrogen-bond acceptors (Lipinski definition) is 0. The molecule has 0 radical (unpaired) electrons. The number of benzene rings is 4. The van der Waals surface area contributed by atoms with E-state index in [-0.39, 0.29) is 35.7 Å². The minimum atomic E-state index is 0. The second-order valence-electron chi connectivity index (χ2n) is 19.9. The van der Waals surface area contributed by atoms with Crippen LogP contribution in [0.4, 0.5) is 0 Å². The normalized spacial score (nSPS) is 10.1. The first kappa shape index (κ1) is 67.3. The summed E-state index contributed by atoms with van der Waals surface area (Å²) in [6.45, 7) is 17.9. The Kier molecular flexibility index (Phi) is 29.2. The average Bonchev–Trinajstić information content (AvgIpc) is 4.25. The van der Waals surface area contributed by atoms with E-state index >= 15 is 0 Å². The van der Waals surface area contributed by atoms with Crippen LogP contribution in [0.3, 0.4) is 0 Å². The maximum absolute atomic E-state index is 3.48. The van der Waals surface area contributed by atoms with Crippen molar-refractivity contribution in [2.24, 2.45) is 0 Å². The summed E-state index contributed by atoms with van der Waals surface area (Å²) in [4.78, 5) is 0. The molecule has 0 nitrogen and oxygen atoms in total. The Morgan fingerprint density at radius 2 is 0.415 bits per heavy atom. The fraction of sp³-hybridized carbons (Fsp3) is 0.158. The average molecular weight is 1290 g/mol. The standard InChI is InChI=1S/4C18H15.2C2H6Si.2ClH.2Zr/c4*1-2-14-12-16-10-6-7-11-17(18(16)13-14)15-8-4-3-5-9-15;2*1-3-2;;;;/h4*3-11,13H,2H2,1H3;2*1-2H3;2*1H;;/q4*-1;;;;;2*+2/p-2. The van der Waals surface area contributed by atoms with Gasteiger partial charge < -0.3 is 24.8 Å². The van der Waals surface area contributed by atoms with Crippen LogP contribution < -0.4 is 24.8 Å². The van der Waals surface area contributed by atoms with Gasteiger partial charge in [0.1, 0.15) is 0 Å². The smallest absolute Gasteiger partial charge is 1.00 e. The molecule has 4 aromatic carbocycles. The summed E-state index contributed by atoms with van der Waals surface area (Å²) in [7, 11) is 0. The van der Waals surface area contributed by atoms with Crippen molar-refractivity contribution in [2.75, 3.05) is 0 Å². The van der Waals surface area contributed by atoms with Crippen molar-refractivity contribution in [1.29, 1.82) is 0 Å². The van der Waals surface area contributed by atoms with E-state index in [4.69, 9.17) is 0 Å². The zero-order chi connectivity index (χ0) is 56.6. The predicted octanol–water partition coefficient (Wildman–Crippen LogP) is 14.9. The maximum Gasteiger partial charge on any atom is -1.00 e. The molecule has 0 atom stereocenters. The molecule has 82 heavy (non-hydrogen) atoms. The predicted molar refractivity (Wildman–Crippen MR) is 342 cm³/mol. The molecule has 0 spiro atoms. The van der Waals surface area contributed by atoms with Gasteiger partial charge in [0.15, 0.2) is 0 Å². The molecule has 6 heteroatoms. The Morgan fingerprint density at radius 3 is 0.585 bits per heavy atom. The van der Waals surface area contributed by atoms with Gasteiger partial charge >= 0.3 is 83.7 Å². The number of aryl methyl sites for hydroxylation is 4. The SMILES string of the molecule is CCc1[c-]c2ccccc(-c3ccccc3)c-2c1.CCc1[c-]c2ccccc(-c3ccccc3)c-2c1.CCc1[c-]c2ccccc(-c3ccccc3)c-2c1.CCc1[c-]c2ccccc(-c3ccccc3)c-2c1.C[Si](C)=[Zr+2].C[Si](C)=[Zr+2].[Cl-].[Cl-]. The van der Waals surface area contributed by atoms with E-state index in [0.717, 1.165) is 25.7 Å². The summed E-state index contributed by atoms with van der Waals surface area (Å²) in [5.41, 5.74) is 25.8. The van der Waals surface area contributed by atoms with Crippen molar-refractivity contribution in [3.05, 3.63) is 289 Å². The summed E-state index contributed by atoms with van der Waals surface area (Å²) in [6.07, 6.45) is 4.14. The molecule has 0 aromatic heterocycles. The Hall–Kier alpha value is -5.54. The van der Waals surface area contributed by atoms with Gasteiger partial charge in [0, 0.05) is 0 Å². The Bertz CT molecular complexity index is 3190. The van der Waals surface area contributed by atoms with Gasteiger partial charge in [-0.05, 0) is 47.9 Å². The molecule has 0 N–H and O–H groups in total. The first-order valence-electron chi connectivity index (χ1n) is 28.0. The van der Waals surface area contributed by atoms with Crippen molar-refractivity contribution < 1.29 is 71.5 Å². The number of rotatable bonds is 8. The van der Waals surface area contributed by atoms with Crippen molar-refractivity contribution in [3.8, 4) is 89.0 Å². The molecule has 0 fully saturated rings. The van der Waals surface area contributed by atoms with E-state index in [1.807, 2.05) is 0 Å². The van der Waals surface area contributed by atoms with E-state index in [9.17, 15) is 0 Å². The van der Waals surface area contributed by atoms with Gasteiger partial charge in [-0.3, -0.25) is 0 Å². The largest absolute Gasteiger partial charge is 1.00 e. The van der Waals surface area contributed by atoms with Gasteiger partial charge in [-0.25, -0.2) is 0 Å². The van der Waals surface area contributed by atoms with Crippen LogP contribution in [-0.2, 0) is 72.4 Å². The van der Waals surface area contributed by atoms with Crippen LogP contribution in [0.5, 0.6) is 0 Å². The zero-order valence-corrected chi connectivity index (χ0v) is 57.1. The fourth-order valence-corrected chi connectivity index (χ4v) is 9.34. The molecule has 8 aliphatic rings. The third-order valence-electron chi connectivity index (χ3n) is 13.2. The molecular weight excluding hydrogens is 1220 g/mol. The van der Waals surface area contributed by atoms with Crippen LogP contribution in [-0.4, -0.2) is 10.9 Å². The van der Waals surface area contributed by atoms with Crippen LogP contribution in [0.15, 0.2) is 243 Å². The quantitative estimate of drug-likeness (QED) is 0.105. The van der Waals surface area contributed by atoms with Crippen LogP contribution >= 0.6 is 0 Å². The molecular formula is C76H72Cl2Si2Zr2-2. The van der Waals surface area contributed by atoms with Gasteiger partial charge in [0.2, 0.25) is 0 Å². The van der Waals surface area contributed by atoms with E-state index < -0.39 is 0 Å². The maximum atomic E-state index is 3.48. The molecule has 0 unspecified atom stereocenters. The van der Waals surface area contributed by atoms with Crippen molar-refractivity contribution >= 4 is 10.9 Å². The number of hydrogen-bond donors (Lipinski definition) is 0. The topological polar surface area (TPSA) is 0 Å².